The van der Waals surface area contributed by atoms with Gasteiger partial charge in [-0.25, -0.2) is 0 Å². The standard InChI is InChI=1S/C13H20N2O/c1-10-4-5-12(16-3)8-13(10)15-7-6-14-9-11(15)2/h4-5,8,11,14H,6-7,9H2,1-3H3/t11-/m0/s1. The average Bonchev–Trinajstić information content (AvgIpc) is 2.31. The van der Waals surface area contributed by atoms with E-state index in [-0.39, 0.29) is 0 Å². The zero-order chi connectivity index (χ0) is 11.5. The van der Waals surface area contributed by atoms with Crippen LogP contribution in [0.25, 0.3) is 0 Å². The minimum Gasteiger partial charge on any atom is -0.497 e. The van der Waals surface area contributed by atoms with Crippen LogP contribution in [0.4, 0.5) is 5.69 Å². The lowest BCUT2D eigenvalue weighted by atomic mass is 10.1. The number of nitrogens with one attached hydrogen (secondary N) is 1. The lowest BCUT2D eigenvalue weighted by Gasteiger charge is -2.37. The van der Waals surface area contributed by atoms with Crippen molar-refractivity contribution in [2.24, 2.45) is 0 Å². The molecule has 1 fully saturated rings. The highest BCUT2D eigenvalue weighted by Gasteiger charge is 2.19. The number of ether oxygens (including phenoxy) is 1. The van der Waals surface area contributed by atoms with Crippen molar-refractivity contribution in [2.45, 2.75) is 19.9 Å². The van der Waals surface area contributed by atoms with Crippen molar-refractivity contribution < 1.29 is 4.74 Å². The molecule has 1 aromatic carbocycles. The normalized spacial score (nSPS) is 20.9. The van der Waals surface area contributed by atoms with E-state index in [4.69, 9.17) is 4.74 Å². The molecule has 3 nitrogen and oxygen atoms in total. The number of hydrogen-bond donors (Lipinski definition) is 1. The Morgan fingerprint density at radius 3 is 2.94 bits per heavy atom. The van der Waals surface area contributed by atoms with Crippen LogP contribution < -0.4 is 15.0 Å². The van der Waals surface area contributed by atoms with Gasteiger partial charge in [0.05, 0.1) is 7.11 Å². The second-order valence-corrected chi connectivity index (χ2v) is 4.40. The zero-order valence-corrected chi connectivity index (χ0v) is 10.3. The molecule has 0 bridgehead atoms. The second kappa shape index (κ2) is 4.74. The molecule has 1 aliphatic heterocycles. The van der Waals surface area contributed by atoms with E-state index in [1.165, 1.54) is 11.3 Å². The number of aryl methyl sites for hydroxylation is 1. The van der Waals surface area contributed by atoms with E-state index >= 15 is 0 Å². The number of anilines is 1. The Morgan fingerprint density at radius 2 is 2.25 bits per heavy atom. The molecule has 1 aliphatic rings. The van der Waals surface area contributed by atoms with Crippen LogP contribution in [-0.4, -0.2) is 32.8 Å². The fourth-order valence-corrected chi connectivity index (χ4v) is 2.22. The first-order valence-electron chi connectivity index (χ1n) is 5.84. The molecule has 1 atom stereocenters. The van der Waals surface area contributed by atoms with E-state index in [0.29, 0.717) is 6.04 Å². The SMILES string of the molecule is COc1ccc(C)c(N2CCNC[C@@H]2C)c1. The number of methoxy groups -OCH3 is 1. The molecule has 0 spiro atoms. The first-order valence-corrected chi connectivity index (χ1v) is 5.84. The Morgan fingerprint density at radius 1 is 1.44 bits per heavy atom. The van der Waals surface area contributed by atoms with E-state index in [1.807, 2.05) is 6.07 Å². The van der Waals surface area contributed by atoms with Gasteiger partial charge in [0, 0.05) is 37.4 Å². The molecule has 0 amide bonds. The summed E-state index contributed by atoms with van der Waals surface area (Å²) in [5, 5.41) is 3.41. The second-order valence-electron chi connectivity index (χ2n) is 4.40. The van der Waals surface area contributed by atoms with Crippen molar-refractivity contribution in [3.05, 3.63) is 23.8 Å². The Kier molecular flexibility index (Phi) is 3.34. The maximum atomic E-state index is 5.29. The van der Waals surface area contributed by atoms with Gasteiger partial charge in [-0.15, -0.1) is 0 Å². The first kappa shape index (κ1) is 11.3. The van der Waals surface area contributed by atoms with Crippen LogP contribution in [0, 0.1) is 6.92 Å². The summed E-state index contributed by atoms with van der Waals surface area (Å²) in [7, 11) is 1.72. The summed E-state index contributed by atoms with van der Waals surface area (Å²) in [5.74, 6) is 0.936. The lowest BCUT2D eigenvalue weighted by molar-refractivity contribution is 0.414. The summed E-state index contributed by atoms with van der Waals surface area (Å²) in [4.78, 5) is 2.45. The van der Waals surface area contributed by atoms with Gasteiger partial charge in [0.15, 0.2) is 0 Å². The molecule has 0 unspecified atom stereocenters. The van der Waals surface area contributed by atoms with Gasteiger partial charge in [-0.05, 0) is 25.5 Å². The van der Waals surface area contributed by atoms with Crippen LogP contribution in [0.5, 0.6) is 5.75 Å². The molecule has 1 heterocycles. The number of rotatable bonds is 2. The van der Waals surface area contributed by atoms with Gasteiger partial charge in [0.25, 0.3) is 0 Å². The van der Waals surface area contributed by atoms with Crippen molar-refractivity contribution in [1.82, 2.24) is 5.32 Å². The van der Waals surface area contributed by atoms with Crippen LogP contribution >= 0.6 is 0 Å². The molecular formula is C13H20N2O. The maximum Gasteiger partial charge on any atom is 0.120 e. The van der Waals surface area contributed by atoms with Crippen molar-refractivity contribution in [3.63, 3.8) is 0 Å². The summed E-state index contributed by atoms with van der Waals surface area (Å²) >= 11 is 0. The van der Waals surface area contributed by atoms with Crippen molar-refractivity contribution in [1.29, 1.82) is 0 Å². The molecule has 0 radical (unpaired) electrons. The maximum absolute atomic E-state index is 5.29. The Hall–Kier alpha value is -1.22. The minimum absolute atomic E-state index is 0.541. The highest BCUT2D eigenvalue weighted by Crippen LogP contribution is 2.27. The molecular weight excluding hydrogens is 200 g/mol. The first-order chi connectivity index (χ1) is 7.72. The van der Waals surface area contributed by atoms with Gasteiger partial charge in [0.2, 0.25) is 0 Å². The van der Waals surface area contributed by atoms with Crippen LogP contribution in [0.2, 0.25) is 0 Å². The molecule has 0 aromatic heterocycles. The van der Waals surface area contributed by atoms with Gasteiger partial charge in [0.1, 0.15) is 5.75 Å². The highest BCUT2D eigenvalue weighted by molar-refractivity contribution is 5.57. The third kappa shape index (κ3) is 2.14. The highest BCUT2D eigenvalue weighted by atomic mass is 16.5. The van der Waals surface area contributed by atoms with Gasteiger partial charge in [-0.3, -0.25) is 0 Å². The molecule has 16 heavy (non-hydrogen) atoms. The molecule has 0 saturated carbocycles. The quantitative estimate of drug-likeness (QED) is 0.822. The van der Waals surface area contributed by atoms with Crippen LogP contribution in [0.3, 0.4) is 0 Å². The van der Waals surface area contributed by atoms with Gasteiger partial charge in [-0.2, -0.15) is 0 Å². The Labute approximate surface area is 97.4 Å². The summed E-state index contributed by atoms with van der Waals surface area (Å²) in [6.07, 6.45) is 0. The Bertz CT molecular complexity index is 365. The van der Waals surface area contributed by atoms with Crippen LogP contribution in [-0.2, 0) is 0 Å². The van der Waals surface area contributed by atoms with Crippen LogP contribution in [0.15, 0.2) is 18.2 Å². The summed E-state index contributed by atoms with van der Waals surface area (Å²) in [6.45, 7) is 7.58. The summed E-state index contributed by atoms with van der Waals surface area (Å²) < 4.78 is 5.29. The molecule has 1 aromatic rings. The fourth-order valence-electron chi connectivity index (χ4n) is 2.22. The number of nitrogens with zero attached hydrogens (tertiary/aromatic N) is 1. The van der Waals surface area contributed by atoms with E-state index in [9.17, 15) is 0 Å². The van der Waals surface area contributed by atoms with E-state index in [2.05, 4.69) is 36.2 Å². The average molecular weight is 220 g/mol. The third-order valence-corrected chi connectivity index (χ3v) is 3.23. The number of piperazine rings is 1. The van der Waals surface area contributed by atoms with E-state index in [1.54, 1.807) is 7.11 Å². The van der Waals surface area contributed by atoms with Gasteiger partial charge < -0.3 is 15.0 Å². The summed E-state index contributed by atoms with van der Waals surface area (Å²) in [6, 6.07) is 6.82. The van der Waals surface area contributed by atoms with Crippen molar-refractivity contribution in [3.8, 4) is 5.75 Å². The predicted octanol–water partition coefficient (Wildman–Crippen LogP) is 1.80. The smallest absolute Gasteiger partial charge is 0.120 e. The summed E-state index contributed by atoms with van der Waals surface area (Å²) in [5.41, 5.74) is 2.61. The molecule has 0 aliphatic carbocycles. The van der Waals surface area contributed by atoms with Crippen molar-refractivity contribution >= 4 is 5.69 Å². The predicted molar refractivity (Wildman–Crippen MR) is 67.4 cm³/mol. The number of hydrogen-bond acceptors (Lipinski definition) is 3. The largest absolute Gasteiger partial charge is 0.497 e. The minimum atomic E-state index is 0.541. The molecule has 3 heteroatoms. The third-order valence-electron chi connectivity index (χ3n) is 3.23. The van der Waals surface area contributed by atoms with Gasteiger partial charge >= 0.3 is 0 Å². The van der Waals surface area contributed by atoms with Crippen LogP contribution in [0.1, 0.15) is 12.5 Å². The Balaban J connectivity index is 2.30. The topological polar surface area (TPSA) is 24.5 Å². The van der Waals surface area contributed by atoms with E-state index < -0.39 is 0 Å². The van der Waals surface area contributed by atoms with Gasteiger partial charge in [-0.1, -0.05) is 6.07 Å². The van der Waals surface area contributed by atoms with E-state index in [0.717, 1.165) is 25.4 Å². The number of benzene rings is 1. The lowest BCUT2D eigenvalue weighted by Crippen LogP contribution is -2.50. The molecule has 1 saturated heterocycles. The molecule has 2 rings (SSSR count). The molecule has 1 N–H and O–H groups in total. The monoisotopic (exact) mass is 220 g/mol. The molecule has 88 valence electrons. The van der Waals surface area contributed by atoms with Crippen molar-refractivity contribution in [2.75, 3.05) is 31.6 Å². The fraction of sp³-hybridized carbons (Fsp3) is 0.538. The zero-order valence-electron chi connectivity index (χ0n) is 10.3.